The number of hydrogen-bond acceptors (Lipinski definition) is 3. The topological polar surface area (TPSA) is 58.4 Å². The van der Waals surface area contributed by atoms with Gasteiger partial charge in [0.2, 0.25) is 5.91 Å². The van der Waals surface area contributed by atoms with E-state index in [0.29, 0.717) is 12.6 Å². The van der Waals surface area contributed by atoms with Gasteiger partial charge in [0.25, 0.3) is 0 Å². The first-order valence-electron chi connectivity index (χ1n) is 7.56. The fourth-order valence-corrected chi connectivity index (χ4v) is 2.50. The molecule has 0 radical (unpaired) electrons. The summed E-state index contributed by atoms with van der Waals surface area (Å²) in [5.41, 5.74) is 7.79. The Bertz CT molecular complexity index is 480. The molecule has 3 N–H and O–H groups in total. The molecule has 1 aromatic carbocycles. The molecule has 4 nitrogen and oxygen atoms in total. The number of rotatable bonds is 7. The number of carbonyl (C=O) groups is 1. The van der Waals surface area contributed by atoms with Crippen molar-refractivity contribution in [1.29, 1.82) is 0 Å². The molecule has 0 saturated heterocycles. The van der Waals surface area contributed by atoms with E-state index in [9.17, 15) is 4.79 Å². The molecule has 0 heterocycles. The van der Waals surface area contributed by atoms with Gasteiger partial charge in [-0.3, -0.25) is 9.69 Å². The van der Waals surface area contributed by atoms with Crippen LogP contribution in [0.4, 0.5) is 5.69 Å². The van der Waals surface area contributed by atoms with Crippen molar-refractivity contribution in [2.45, 2.75) is 38.3 Å². The lowest BCUT2D eigenvalue weighted by Crippen LogP contribution is -2.38. The predicted octanol–water partition coefficient (Wildman–Crippen LogP) is 1.76. The second-order valence-electron chi connectivity index (χ2n) is 6.13. The van der Waals surface area contributed by atoms with Crippen LogP contribution in [0.3, 0.4) is 0 Å². The third-order valence-electron chi connectivity index (χ3n) is 4.03. The molecular weight excluding hydrogens is 250 g/mol. The van der Waals surface area contributed by atoms with Gasteiger partial charge in [-0.05, 0) is 49.3 Å². The molecule has 0 spiro atoms. The van der Waals surface area contributed by atoms with E-state index in [2.05, 4.69) is 16.3 Å². The Morgan fingerprint density at radius 3 is 2.75 bits per heavy atom. The summed E-state index contributed by atoms with van der Waals surface area (Å²) in [6.45, 7) is 2.17. The molecule has 2 saturated carbocycles. The van der Waals surface area contributed by atoms with Crippen LogP contribution in [0.15, 0.2) is 24.3 Å². The quantitative estimate of drug-likeness (QED) is 0.744. The predicted molar refractivity (Wildman–Crippen MR) is 80.0 cm³/mol. The Morgan fingerprint density at radius 2 is 2.10 bits per heavy atom. The molecular formula is C16H23N3O. The maximum Gasteiger partial charge on any atom is 0.234 e. The summed E-state index contributed by atoms with van der Waals surface area (Å²) >= 11 is 0. The molecule has 2 fully saturated rings. The molecule has 3 rings (SSSR count). The van der Waals surface area contributed by atoms with Gasteiger partial charge in [0.1, 0.15) is 0 Å². The van der Waals surface area contributed by atoms with Gasteiger partial charge in [0, 0.05) is 24.8 Å². The summed E-state index contributed by atoms with van der Waals surface area (Å²) in [7, 11) is 0. The molecule has 20 heavy (non-hydrogen) atoms. The lowest BCUT2D eigenvalue weighted by molar-refractivity contribution is -0.122. The highest BCUT2D eigenvalue weighted by Crippen LogP contribution is 2.29. The van der Waals surface area contributed by atoms with Crippen LogP contribution in [0.2, 0.25) is 0 Å². The van der Waals surface area contributed by atoms with Crippen molar-refractivity contribution in [3.8, 4) is 0 Å². The first-order chi connectivity index (χ1) is 9.70. The molecule has 1 amide bonds. The van der Waals surface area contributed by atoms with E-state index in [1.54, 1.807) is 0 Å². The van der Waals surface area contributed by atoms with Gasteiger partial charge in [-0.15, -0.1) is 0 Å². The van der Waals surface area contributed by atoms with Crippen LogP contribution in [-0.4, -0.2) is 29.9 Å². The van der Waals surface area contributed by atoms with Gasteiger partial charge in [0.15, 0.2) is 0 Å². The summed E-state index contributed by atoms with van der Waals surface area (Å²) in [4.78, 5) is 14.3. The van der Waals surface area contributed by atoms with Crippen LogP contribution in [0.25, 0.3) is 0 Å². The normalized spacial score (nSPS) is 18.2. The van der Waals surface area contributed by atoms with E-state index < -0.39 is 0 Å². The minimum Gasteiger partial charge on any atom is -0.399 e. The summed E-state index contributed by atoms with van der Waals surface area (Å²) in [6, 6.07) is 8.52. The van der Waals surface area contributed by atoms with E-state index in [0.717, 1.165) is 24.7 Å². The van der Waals surface area contributed by atoms with E-state index in [1.165, 1.54) is 31.2 Å². The van der Waals surface area contributed by atoms with Crippen molar-refractivity contribution in [3.05, 3.63) is 29.8 Å². The van der Waals surface area contributed by atoms with Crippen LogP contribution >= 0.6 is 0 Å². The number of benzene rings is 1. The van der Waals surface area contributed by atoms with Gasteiger partial charge in [0.05, 0.1) is 6.54 Å². The van der Waals surface area contributed by atoms with Crippen molar-refractivity contribution < 1.29 is 4.79 Å². The van der Waals surface area contributed by atoms with Gasteiger partial charge in [-0.1, -0.05) is 12.1 Å². The molecule has 2 aliphatic rings. The minimum absolute atomic E-state index is 0.160. The molecule has 0 atom stereocenters. The highest BCUT2D eigenvalue weighted by atomic mass is 16.2. The number of amides is 1. The number of hydrogen-bond donors (Lipinski definition) is 2. The Kier molecular flexibility index (Phi) is 3.92. The van der Waals surface area contributed by atoms with Crippen LogP contribution in [-0.2, 0) is 11.3 Å². The third kappa shape index (κ3) is 3.97. The Labute approximate surface area is 120 Å². The van der Waals surface area contributed by atoms with E-state index >= 15 is 0 Å². The second-order valence-corrected chi connectivity index (χ2v) is 6.13. The minimum atomic E-state index is 0.160. The molecule has 0 bridgehead atoms. The van der Waals surface area contributed by atoms with Gasteiger partial charge >= 0.3 is 0 Å². The average Bonchev–Trinajstić information content (AvgIpc) is 3.28. The molecule has 2 aliphatic carbocycles. The van der Waals surface area contributed by atoms with Gasteiger partial charge in [-0.2, -0.15) is 0 Å². The number of nitrogens with zero attached hydrogens (tertiary/aromatic N) is 1. The third-order valence-corrected chi connectivity index (χ3v) is 4.03. The number of anilines is 1. The molecule has 4 heteroatoms. The van der Waals surface area contributed by atoms with Crippen LogP contribution in [0, 0.1) is 5.92 Å². The molecule has 1 aromatic rings. The lowest BCUT2D eigenvalue weighted by atomic mass is 10.2. The Hall–Kier alpha value is -1.55. The lowest BCUT2D eigenvalue weighted by Gasteiger charge is -2.21. The smallest absolute Gasteiger partial charge is 0.234 e. The average molecular weight is 273 g/mol. The standard InChI is InChI=1S/C16H23N3O/c17-14-3-1-2-13(8-14)10-19(15-6-7-15)11-16(20)18-9-12-4-5-12/h1-3,8,12,15H,4-7,9-11,17H2,(H,18,20). The first-order valence-corrected chi connectivity index (χ1v) is 7.56. The monoisotopic (exact) mass is 273 g/mol. The fourth-order valence-electron chi connectivity index (χ4n) is 2.50. The Balaban J connectivity index is 1.53. The maximum absolute atomic E-state index is 12.0. The zero-order valence-corrected chi connectivity index (χ0v) is 11.8. The summed E-state index contributed by atoms with van der Waals surface area (Å²) in [5, 5.41) is 3.05. The second kappa shape index (κ2) is 5.83. The highest BCUT2D eigenvalue weighted by Gasteiger charge is 2.30. The van der Waals surface area contributed by atoms with Crippen molar-refractivity contribution in [2.75, 3.05) is 18.8 Å². The SMILES string of the molecule is Nc1cccc(CN(CC(=O)NCC2CC2)C2CC2)c1. The number of nitrogens with two attached hydrogens (primary N) is 1. The fraction of sp³-hybridized carbons (Fsp3) is 0.562. The van der Waals surface area contributed by atoms with Gasteiger partial charge < -0.3 is 11.1 Å². The summed E-state index contributed by atoms with van der Waals surface area (Å²) < 4.78 is 0. The van der Waals surface area contributed by atoms with E-state index in [4.69, 9.17) is 5.73 Å². The number of carbonyl (C=O) groups excluding carboxylic acids is 1. The summed E-state index contributed by atoms with van der Waals surface area (Å²) in [6.07, 6.45) is 4.96. The van der Waals surface area contributed by atoms with Crippen LogP contribution in [0.1, 0.15) is 31.2 Å². The van der Waals surface area contributed by atoms with Crippen molar-refractivity contribution in [2.24, 2.45) is 5.92 Å². The number of nitrogen functional groups attached to an aromatic ring is 1. The van der Waals surface area contributed by atoms with Crippen LogP contribution < -0.4 is 11.1 Å². The zero-order chi connectivity index (χ0) is 13.9. The molecule has 0 aromatic heterocycles. The molecule has 108 valence electrons. The molecule has 0 aliphatic heterocycles. The van der Waals surface area contributed by atoms with Crippen molar-refractivity contribution in [3.63, 3.8) is 0 Å². The molecule has 0 unspecified atom stereocenters. The highest BCUT2D eigenvalue weighted by molar-refractivity contribution is 5.78. The van der Waals surface area contributed by atoms with E-state index in [-0.39, 0.29) is 5.91 Å². The number of nitrogens with one attached hydrogen (secondary N) is 1. The van der Waals surface area contributed by atoms with Gasteiger partial charge in [-0.25, -0.2) is 0 Å². The zero-order valence-electron chi connectivity index (χ0n) is 11.8. The van der Waals surface area contributed by atoms with E-state index in [1.807, 2.05) is 18.2 Å². The van der Waals surface area contributed by atoms with Crippen molar-refractivity contribution >= 4 is 11.6 Å². The van der Waals surface area contributed by atoms with Crippen molar-refractivity contribution in [1.82, 2.24) is 10.2 Å². The summed E-state index contributed by atoms with van der Waals surface area (Å²) in [5.74, 6) is 0.898. The van der Waals surface area contributed by atoms with Crippen LogP contribution in [0.5, 0.6) is 0 Å². The Morgan fingerprint density at radius 1 is 1.30 bits per heavy atom. The maximum atomic E-state index is 12.0. The first kappa shape index (κ1) is 13.4. The largest absolute Gasteiger partial charge is 0.399 e.